The highest BCUT2D eigenvalue weighted by atomic mass is 16.5. The summed E-state index contributed by atoms with van der Waals surface area (Å²) in [6.45, 7) is 7.30. The van der Waals surface area contributed by atoms with Gasteiger partial charge in [-0.15, -0.1) is 0 Å². The first kappa shape index (κ1) is 21.6. The number of nitrogens with one attached hydrogen (secondary N) is 2. The van der Waals surface area contributed by atoms with E-state index in [-0.39, 0.29) is 11.9 Å². The number of benzene rings is 2. The third-order valence-corrected chi connectivity index (χ3v) is 5.53. The molecule has 1 aliphatic heterocycles. The molecule has 0 unspecified atom stereocenters. The van der Waals surface area contributed by atoms with E-state index < -0.39 is 0 Å². The third kappa shape index (κ3) is 5.51. The Kier molecular flexibility index (Phi) is 7.30. The first-order chi connectivity index (χ1) is 14.5. The monoisotopic (exact) mass is 410 g/mol. The van der Waals surface area contributed by atoms with Gasteiger partial charge in [0.15, 0.2) is 0 Å². The van der Waals surface area contributed by atoms with Gasteiger partial charge in [0.05, 0.1) is 13.7 Å². The Hall–Kier alpha value is -3.06. The molecule has 2 aromatic rings. The maximum Gasteiger partial charge on any atom is 0.317 e. The van der Waals surface area contributed by atoms with Crippen LogP contribution in [0, 0.1) is 13.8 Å². The maximum absolute atomic E-state index is 12.5. The average Bonchev–Trinajstić information content (AvgIpc) is 2.76. The normalized spacial score (nSPS) is 14.3. The Labute approximate surface area is 178 Å². The Morgan fingerprint density at radius 1 is 1.00 bits per heavy atom. The number of para-hydroxylation sites is 1. The number of amides is 3. The van der Waals surface area contributed by atoms with E-state index in [0.29, 0.717) is 39.3 Å². The van der Waals surface area contributed by atoms with Crippen molar-refractivity contribution in [3.63, 3.8) is 0 Å². The van der Waals surface area contributed by atoms with E-state index in [4.69, 9.17) is 4.74 Å². The molecule has 0 aromatic heterocycles. The zero-order chi connectivity index (χ0) is 21.5. The highest BCUT2D eigenvalue weighted by Crippen LogP contribution is 2.18. The molecule has 1 heterocycles. The van der Waals surface area contributed by atoms with Gasteiger partial charge in [-0.25, -0.2) is 4.79 Å². The minimum atomic E-state index is -0.0969. The van der Waals surface area contributed by atoms with Crippen LogP contribution < -0.4 is 15.4 Å². The van der Waals surface area contributed by atoms with E-state index in [1.54, 1.807) is 12.0 Å². The van der Waals surface area contributed by atoms with Crippen molar-refractivity contribution in [1.82, 2.24) is 15.1 Å². The molecule has 7 heteroatoms. The van der Waals surface area contributed by atoms with E-state index in [0.717, 1.165) is 28.1 Å². The summed E-state index contributed by atoms with van der Waals surface area (Å²) in [4.78, 5) is 28.8. The van der Waals surface area contributed by atoms with Crippen LogP contribution in [0.25, 0.3) is 0 Å². The topological polar surface area (TPSA) is 73.9 Å². The molecule has 0 radical (unpaired) electrons. The molecular formula is C23H30N4O3. The lowest BCUT2D eigenvalue weighted by Crippen LogP contribution is -2.52. The number of hydrogen-bond acceptors (Lipinski definition) is 4. The fourth-order valence-electron chi connectivity index (χ4n) is 3.52. The number of anilines is 1. The van der Waals surface area contributed by atoms with Crippen molar-refractivity contribution in [2.75, 3.05) is 45.2 Å². The largest absolute Gasteiger partial charge is 0.496 e. The number of carbonyl (C=O) groups excluding carboxylic acids is 2. The van der Waals surface area contributed by atoms with Gasteiger partial charge in [-0.05, 0) is 37.1 Å². The minimum absolute atomic E-state index is 0.0298. The van der Waals surface area contributed by atoms with Gasteiger partial charge < -0.3 is 20.3 Å². The van der Waals surface area contributed by atoms with E-state index in [2.05, 4.69) is 15.5 Å². The molecule has 0 bridgehead atoms. The van der Waals surface area contributed by atoms with Gasteiger partial charge in [0, 0.05) is 44.0 Å². The number of piperazine rings is 1. The molecule has 160 valence electrons. The van der Waals surface area contributed by atoms with Crippen LogP contribution in [0.4, 0.5) is 10.5 Å². The van der Waals surface area contributed by atoms with Crippen molar-refractivity contribution in [2.24, 2.45) is 0 Å². The summed E-state index contributed by atoms with van der Waals surface area (Å²) in [5.41, 5.74) is 4.03. The van der Waals surface area contributed by atoms with Crippen LogP contribution in [-0.2, 0) is 11.3 Å². The number of nitrogens with zero attached hydrogens (tertiary/aromatic N) is 2. The Morgan fingerprint density at radius 2 is 1.73 bits per heavy atom. The predicted octanol–water partition coefficient (Wildman–Crippen LogP) is 2.78. The zero-order valence-corrected chi connectivity index (χ0v) is 17.9. The first-order valence-electron chi connectivity index (χ1n) is 10.2. The lowest BCUT2D eigenvalue weighted by atomic mass is 10.1. The SMILES string of the molecule is COc1ccccc1CNC(=O)N1CCN(CC(=O)Nc2cccc(C)c2C)CC1. The molecular weight excluding hydrogens is 380 g/mol. The van der Waals surface area contributed by atoms with E-state index >= 15 is 0 Å². The van der Waals surface area contributed by atoms with Gasteiger partial charge in [0.25, 0.3) is 0 Å². The number of hydrogen-bond donors (Lipinski definition) is 2. The molecule has 1 fully saturated rings. The smallest absolute Gasteiger partial charge is 0.317 e. The average molecular weight is 411 g/mol. The van der Waals surface area contributed by atoms with Crippen LogP contribution in [0.5, 0.6) is 5.75 Å². The number of aryl methyl sites for hydroxylation is 1. The van der Waals surface area contributed by atoms with Crippen LogP contribution >= 0.6 is 0 Å². The third-order valence-electron chi connectivity index (χ3n) is 5.53. The van der Waals surface area contributed by atoms with Gasteiger partial charge in [-0.3, -0.25) is 9.69 Å². The molecule has 0 spiro atoms. The number of rotatable bonds is 6. The fraction of sp³-hybridized carbons (Fsp3) is 0.391. The molecule has 2 N–H and O–H groups in total. The van der Waals surface area contributed by atoms with E-state index in [1.807, 2.05) is 56.3 Å². The number of ether oxygens (including phenoxy) is 1. The summed E-state index contributed by atoms with van der Waals surface area (Å²) >= 11 is 0. The van der Waals surface area contributed by atoms with Crippen molar-refractivity contribution in [2.45, 2.75) is 20.4 Å². The van der Waals surface area contributed by atoms with Crippen LogP contribution in [0.15, 0.2) is 42.5 Å². The highest BCUT2D eigenvalue weighted by Gasteiger charge is 2.22. The summed E-state index contributed by atoms with van der Waals surface area (Å²) in [5.74, 6) is 0.732. The molecule has 30 heavy (non-hydrogen) atoms. The summed E-state index contributed by atoms with van der Waals surface area (Å²) < 4.78 is 5.32. The van der Waals surface area contributed by atoms with Crippen LogP contribution in [-0.4, -0.2) is 61.6 Å². The Bertz CT molecular complexity index is 892. The van der Waals surface area contributed by atoms with Crippen LogP contribution in [0.1, 0.15) is 16.7 Å². The number of methoxy groups -OCH3 is 1. The van der Waals surface area contributed by atoms with Crippen molar-refractivity contribution >= 4 is 17.6 Å². The van der Waals surface area contributed by atoms with Gasteiger partial charge in [-0.1, -0.05) is 30.3 Å². The quantitative estimate of drug-likeness (QED) is 0.768. The van der Waals surface area contributed by atoms with Gasteiger partial charge in [0.2, 0.25) is 5.91 Å². The summed E-state index contributed by atoms with van der Waals surface area (Å²) in [6.07, 6.45) is 0. The summed E-state index contributed by atoms with van der Waals surface area (Å²) in [6, 6.07) is 13.4. The molecule has 7 nitrogen and oxygen atoms in total. The van der Waals surface area contributed by atoms with Gasteiger partial charge >= 0.3 is 6.03 Å². The first-order valence-corrected chi connectivity index (χ1v) is 10.2. The molecule has 0 aliphatic carbocycles. The minimum Gasteiger partial charge on any atom is -0.496 e. The second-order valence-corrected chi connectivity index (χ2v) is 7.53. The number of urea groups is 1. The molecule has 3 rings (SSSR count). The van der Waals surface area contributed by atoms with Crippen LogP contribution in [0.3, 0.4) is 0 Å². The second kappa shape index (κ2) is 10.1. The van der Waals surface area contributed by atoms with Gasteiger partial charge in [-0.2, -0.15) is 0 Å². The van der Waals surface area contributed by atoms with Gasteiger partial charge in [0.1, 0.15) is 5.75 Å². The Balaban J connectivity index is 1.43. The molecule has 1 saturated heterocycles. The van der Waals surface area contributed by atoms with Crippen molar-refractivity contribution in [3.05, 3.63) is 59.2 Å². The molecule has 1 aliphatic rings. The maximum atomic E-state index is 12.5. The van der Waals surface area contributed by atoms with Crippen molar-refractivity contribution in [1.29, 1.82) is 0 Å². The van der Waals surface area contributed by atoms with Crippen molar-refractivity contribution in [3.8, 4) is 5.75 Å². The number of carbonyl (C=O) groups is 2. The highest BCUT2D eigenvalue weighted by molar-refractivity contribution is 5.93. The zero-order valence-electron chi connectivity index (χ0n) is 17.9. The van der Waals surface area contributed by atoms with E-state index in [9.17, 15) is 9.59 Å². The molecule has 2 aromatic carbocycles. The fourth-order valence-corrected chi connectivity index (χ4v) is 3.52. The Morgan fingerprint density at radius 3 is 2.47 bits per heavy atom. The standard InChI is InChI=1S/C23H30N4O3/c1-17-7-6-9-20(18(17)2)25-22(28)16-26-11-13-27(14-12-26)23(29)24-15-19-8-4-5-10-21(19)30-3/h4-10H,11-16H2,1-3H3,(H,24,29)(H,25,28). The molecule has 0 saturated carbocycles. The van der Waals surface area contributed by atoms with Crippen LogP contribution in [0.2, 0.25) is 0 Å². The van der Waals surface area contributed by atoms with E-state index in [1.165, 1.54) is 0 Å². The lowest BCUT2D eigenvalue weighted by Gasteiger charge is -2.34. The summed E-state index contributed by atoms with van der Waals surface area (Å²) in [5, 5.41) is 5.95. The molecule has 3 amide bonds. The van der Waals surface area contributed by atoms with Crippen molar-refractivity contribution < 1.29 is 14.3 Å². The lowest BCUT2D eigenvalue weighted by molar-refractivity contribution is -0.117. The predicted molar refractivity (Wildman–Crippen MR) is 118 cm³/mol. The molecule has 0 atom stereocenters. The summed E-state index contributed by atoms with van der Waals surface area (Å²) in [7, 11) is 1.62. The second-order valence-electron chi connectivity index (χ2n) is 7.53.